The van der Waals surface area contributed by atoms with Gasteiger partial charge in [-0.2, -0.15) is 26.3 Å². The van der Waals surface area contributed by atoms with Gasteiger partial charge in [-0.3, -0.25) is 4.90 Å². The van der Waals surface area contributed by atoms with Crippen molar-refractivity contribution in [3.63, 3.8) is 0 Å². The van der Waals surface area contributed by atoms with Crippen LogP contribution in [0.4, 0.5) is 26.3 Å². The first-order valence-corrected chi connectivity index (χ1v) is 8.42. The Morgan fingerprint density at radius 3 is 2.04 bits per heavy atom. The highest BCUT2D eigenvalue weighted by atomic mass is 19.4. The van der Waals surface area contributed by atoms with Crippen molar-refractivity contribution in [3.8, 4) is 0 Å². The van der Waals surface area contributed by atoms with Gasteiger partial charge in [0.1, 0.15) is 0 Å². The molecule has 1 aliphatic rings. The maximum atomic E-state index is 13.0. The van der Waals surface area contributed by atoms with Crippen LogP contribution in [0.25, 0.3) is 0 Å². The minimum absolute atomic E-state index is 0.00543. The summed E-state index contributed by atoms with van der Waals surface area (Å²) < 4.78 is 78.0. The summed E-state index contributed by atoms with van der Waals surface area (Å²) in [7, 11) is 0. The second kappa shape index (κ2) is 7.52. The molecule has 8 heteroatoms. The number of rotatable bonds is 3. The molecule has 0 spiro atoms. The zero-order chi connectivity index (χ0) is 19.7. The largest absolute Gasteiger partial charge is 0.416 e. The Morgan fingerprint density at radius 1 is 0.889 bits per heavy atom. The number of alkyl halides is 6. The number of hydrogen-bond donors (Lipinski definition) is 1. The van der Waals surface area contributed by atoms with E-state index in [4.69, 9.17) is 0 Å². The fourth-order valence-corrected chi connectivity index (χ4v) is 3.23. The van der Waals surface area contributed by atoms with E-state index in [1.165, 1.54) is 0 Å². The molecular weight excluding hydrogens is 370 g/mol. The van der Waals surface area contributed by atoms with Crippen LogP contribution in [0.5, 0.6) is 0 Å². The van der Waals surface area contributed by atoms with E-state index in [0.717, 1.165) is 17.7 Å². The first-order chi connectivity index (χ1) is 12.6. The molecule has 27 heavy (non-hydrogen) atoms. The van der Waals surface area contributed by atoms with Gasteiger partial charge in [0.05, 0.1) is 11.1 Å². The Labute approximate surface area is 152 Å². The highest BCUT2D eigenvalue weighted by Crippen LogP contribution is 2.36. The molecule has 2 aromatic rings. The third-order valence-corrected chi connectivity index (χ3v) is 4.52. The van der Waals surface area contributed by atoms with Gasteiger partial charge in [-0.25, -0.2) is 0 Å². The standard InChI is InChI=1S/C19H18F6N2/c20-18(21,22)15-8-13(9-16(10-15)19(23,24)25)11-27-7-6-26-17(12-27)14-4-2-1-3-5-14/h1-5,8-10,17,26H,6-7,11-12H2. The smallest absolute Gasteiger partial charge is 0.308 e. The van der Waals surface area contributed by atoms with E-state index >= 15 is 0 Å². The maximum Gasteiger partial charge on any atom is 0.416 e. The lowest BCUT2D eigenvalue weighted by atomic mass is 10.0. The van der Waals surface area contributed by atoms with E-state index in [-0.39, 0.29) is 24.2 Å². The quantitative estimate of drug-likeness (QED) is 0.755. The average Bonchev–Trinajstić information content (AvgIpc) is 2.61. The van der Waals surface area contributed by atoms with Crippen LogP contribution in [-0.2, 0) is 18.9 Å². The van der Waals surface area contributed by atoms with Gasteiger partial charge in [0.25, 0.3) is 0 Å². The summed E-state index contributed by atoms with van der Waals surface area (Å²) in [4.78, 5) is 1.86. The lowest BCUT2D eigenvalue weighted by Gasteiger charge is -2.34. The number of piperazine rings is 1. The highest BCUT2D eigenvalue weighted by Gasteiger charge is 2.37. The SMILES string of the molecule is FC(F)(F)c1cc(CN2CCNC(c3ccccc3)C2)cc(C(F)(F)F)c1. The zero-order valence-corrected chi connectivity index (χ0v) is 14.2. The van der Waals surface area contributed by atoms with Crippen LogP contribution in [0.3, 0.4) is 0 Å². The third kappa shape index (κ3) is 5.01. The molecule has 1 heterocycles. The van der Waals surface area contributed by atoms with Crippen LogP contribution >= 0.6 is 0 Å². The second-order valence-corrected chi connectivity index (χ2v) is 6.57. The van der Waals surface area contributed by atoms with E-state index in [9.17, 15) is 26.3 Å². The van der Waals surface area contributed by atoms with Crippen molar-refractivity contribution in [2.45, 2.75) is 24.9 Å². The van der Waals surface area contributed by atoms with Crippen molar-refractivity contribution in [3.05, 3.63) is 70.8 Å². The predicted octanol–water partition coefficient (Wildman–Crippen LogP) is 4.87. The van der Waals surface area contributed by atoms with E-state index in [0.29, 0.717) is 19.6 Å². The predicted molar refractivity (Wildman–Crippen MR) is 88.9 cm³/mol. The summed E-state index contributed by atoms with van der Waals surface area (Å²) in [5.41, 5.74) is -1.52. The van der Waals surface area contributed by atoms with Gasteiger partial charge in [0.2, 0.25) is 0 Å². The second-order valence-electron chi connectivity index (χ2n) is 6.57. The van der Waals surface area contributed by atoms with E-state index in [1.807, 2.05) is 35.2 Å². The van der Waals surface area contributed by atoms with Crippen molar-refractivity contribution >= 4 is 0 Å². The van der Waals surface area contributed by atoms with Crippen LogP contribution in [-0.4, -0.2) is 24.5 Å². The van der Waals surface area contributed by atoms with Crippen molar-refractivity contribution in [1.29, 1.82) is 0 Å². The molecule has 0 aliphatic carbocycles. The van der Waals surface area contributed by atoms with Gasteiger partial charge in [-0.1, -0.05) is 30.3 Å². The van der Waals surface area contributed by atoms with Gasteiger partial charge >= 0.3 is 12.4 Å². The molecule has 1 N–H and O–H groups in total. The molecule has 0 radical (unpaired) electrons. The third-order valence-electron chi connectivity index (χ3n) is 4.52. The Morgan fingerprint density at radius 2 is 1.48 bits per heavy atom. The van der Waals surface area contributed by atoms with Crippen molar-refractivity contribution in [2.75, 3.05) is 19.6 Å². The minimum Gasteiger partial charge on any atom is -0.308 e. The zero-order valence-electron chi connectivity index (χ0n) is 14.2. The molecule has 0 saturated carbocycles. The summed E-state index contributed by atoms with van der Waals surface area (Å²) in [5, 5.41) is 3.32. The minimum atomic E-state index is -4.83. The van der Waals surface area contributed by atoms with Crippen molar-refractivity contribution in [1.82, 2.24) is 10.2 Å². The number of benzene rings is 2. The number of nitrogens with zero attached hydrogens (tertiary/aromatic N) is 1. The summed E-state index contributed by atoms with van der Waals surface area (Å²) in [6.07, 6.45) is -9.65. The first-order valence-electron chi connectivity index (χ1n) is 8.42. The molecular formula is C19H18F6N2. The summed E-state index contributed by atoms with van der Waals surface area (Å²) >= 11 is 0. The highest BCUT2D eigenvalue weighted by molar-refractivity contribution is 5.33. The van der Waals surface area contributed by atoms with Gasteiger partial charge in [-0.05, 0) is 29.3 Å². The topological polar surface area (TPSA) is 15.3 Å². The molecule has 1 fully saturated rings. The molecule has 2 nitrogen and oxygen atoms in total. The van der Waals surface area contributed by atoms with Crippen LogP contribution in [0.1, 0.15) is 28.3 Å². The normalized spacial score (nSPS) is 19.3. The Bertz CT molecular complexity index is 738. The summed E-state index contributed by atoms with van der Waals surface area (Å²) in [6.45, 7) is 1.67. The van der Waals surface area contributed by atoms with Crippen molar-refractivity contribution < 1.29 is 26.3 Å². The number of halogens is 6. The fraction of sp³-hybridized carbons (Fsp3) is 0.368. The fourth-order valence-electron chi connectivity index (χ4n) is 3.23. The van der Waals surface area contributed by atoms with Gasteiger partial charge < -0.3 is 5.32 Å². The van der Waals surface area contributed by atoms with E-state index < -0.39 is 23.5 Å². The molecule has 1 atom stereocenters. The van der Waals surface area contributed by atoms with E-state index in [1.54, 1.807) is 0 Å². The Kier molecular flexibility index (Phi) is 5.48. The van der Waals surface area contributed by atoms with Crippen LogP contribution < -0.4 is 5.32 Å². The van der Waals surface area contributed by atoms with Crippen LogP contribution in [0, 0.1) is 0 Å². The Hall–Kier alpha value is -2.06. The molecule has 1 unspecified atom stereocenters. The molecule has 0 bridgehead atoms. The van der Waals surface area contributed by atoms with Gasteiger partial charge in [-0.15, -0.1) is 0 Å². The summed E-state index contributed by atoms with van der Waals surface area (Å²) in [6, 6.07) is 11.3. The van der Waals surface area contributed by atoms with Crippen LogP contribution in [0.2, 0.25) is 0 Å². The number of hydrogen-bond acceptors (Lipinski definition) is 2. The molecule has 0 aromatic heterocycles. The molecule has 0 amide bonds. The molecule has 1 saturated heterocycles. The monoisotopic (exact) mass is 388 g/mol. The number of nitrogens with one attached hydrogen (secondary N) is 1. The lowest BCUT2D eigenvalue weighted by molar-refractivity contribution is -0.143. The first kappa shape index (κ1) is 19.7. The van der Waals surface area contributed by atoms with E-state index in [2.05, 4.69) is 5.32 Å². The molecule has 2 aromatic carbocycles. The van der Waals surface area contributed by atoms with Crippen LogP contribution in [0.15, 0.2) is 48.5 Å². The van der Waals surface area contributed by atoms with Crippen molar-refractivity contribution in [2.24, 2.45) is 0 Å². The molecule has 3 rings (SSSR count). The van der Waals surface area contributed by atoms with Gasteiger partial charge in [0, 0.05) is 32.2 Å². The molecule has 1 aliphatic heterocycles. The van der Waals surface area contributed by atoms with Gasteiger partial charge in [0.15, 0.2) is 0 Å². The maximum absolute atomic E-state index is 13.0. The lowest BCUT2D eigenvalue weighted by Crippen LogP contribution is -2.45. The molecule has 146 valence electrons. The average molecular weight is 388 g/mol. The Balaban J connectivity index is 1.82. The summed E-state index contributed by atoms with van der Waals surface area (Å²) in [5.74, 6) is 0.